The average Bonchev–Trinajstić information content (AvgIpc) is 2.43. The number of carbonyl (C=O) groups excluding carboxylic acids is 1. The zero-order chi connectivity index (χ0) is 15.4. The normalized spacial score (nSPS) is 18.7. The molecule has 1 aliphatic heterocycles. The molecule has 0 saturated carbocycles. The molecule has 0 aromatic heterocycles. The van der Waals surface area contributed by atoms with Crippen LogP contribution in [0.25, 0.3) is 0 Å². The number of nitrogens with one attached hydrogen (secondary N) is 1. The molecular weight excluding hydrogens is 286 g/mol. The maximum atomic E-state index is 12.6. The molecule has 1 atom stereocenters. The Bertz CT molecular complexity index is 467. The molecule has 1 amide bonds. The van der Waals surface area contributed by atoms with Crippen LogP contribution < -0.4 is 5.43 Å². The second-order valence-corrected chi connectivity index (χ2v) is 6.48. The number of piperazine rings is 1. The van der Waals surface area contributed by atoms with Gasteiger partial charge in [0.25, 0.3) is 0 Å². The topological polar surface area (TPSA) is 35.6 Å². The van der Waals surface area contributed by atoms with Crippen LogP contribution in [0.15, 0.2) is 24.3 Å². The first-order chi connectivity index (χ1) is 9.97. The Labute approximate surface area is 132 Å². The number of benzene rings is 1. The predicted molar refractivity (Wildman–Crippen MR) is 86.2 cm³/mol. The van der Waals surface area contributed by atoms with Crippen LogP contribution in [-0.2, 0) is 4.79 Å². The second kappa shape index (κ2) is 7.25. The van der Waals surface area contributed by atoms with Crippen LogP contribution >= 0.6 is 11.6 Å². The number of hydrogen-bond donors (Lipinski definition) is 1. The van der Waals surface area contributed by atoms with Gasteiger partial charge in [-0.05, 0) is 30.7 Å². The van der Waals surface area contributed by atoms with E-state index in [1.165, 1.54) is 0 Å². The molecular formula is C16H24ClN3O. The highest BCUT2D eigenvalue weighted by Gasteiger charge is 2.26. The van der Waals surface area contributed by atoms with Crippen molar-refractivity contribution in [1.29, 1.82) is 0 Å². The Kier molecular flexibility index (Phi) is 5.62. The standard InChI is InChI=1S/C16H24ClN3O/c1-12(2)15(13-4-6-14(17)7-5-13)16(21)18-20-10-8-19(3)9-11-20/h4-7,12,15H,8-11H2,1-3H3,(H,18,21)/t15-/m0/s1. The monoisotopic (exact) mass is 309 g/mol. The predicted octanol–water partition coefficient (Wildman–Crippen LogP) is 2.36. The quantitative estimate of drug-likeness (QED) is 0.927. The van der Waals surface area contributed by atoms with Gasteiger partial charge in [0.1, 0.15) is 0 Å². The van der Waals surface area contributed by atoms with Crippen LogP contribution in [0.4, 0.5) is 0 Å². The van der Waals surface area contributed by atoms with E-state index in [9.17, 15) is 4.79 Å². The van der Waals surface area contributed by atoms with E-state index < -0.39 is 0 Å². The second-order valence-electron chi connectivity index (χ2n) is 6.04. The van der Waals surface area contributed by atoms with E-state index in [1.54, 1.807) is 0 Å². The summed E-state index contributed by atoms with van der Waals surface area (Å²) in [6, 6.07) is 7.57. The lowest BCUT2D eigenvalue weighted by Gasteiger charge is -2.34. The number of hydrogen-bond acceptors (Lipinski definition) is 3. The third-order valence-corrected chi connectivity index (χ3v) is 4.20. The van der Waals surface area contributed by atoms with Crippen molar-refractivity contribution in [2.24, 2.45) is 5.92 Å². The zero-order valence-corrected chi connectivity index (χ0v) is 13.7. The minimum absolute atomic E-state index is 0.0666. The highest BCUT2D eigenvalue weighted by Crippen LogP contribution is 2.26. The van der Waals surface area contributed by atoms with Crippen molar-refractivity contribution < 1.29 is 4.79 Å². The molecule has 0 unspecified atom stereocenters. The Morgan fingerprint density at radius 3 is 2.24 bits per heavy atom. The van der Waals surface area contributed by atoms with E-state index in [2.05, 4.69) is 31.2 Å². The van der Waals surface area contributed by atoms with Gasteiger partial charge in [-0.25, -0.2) is 5.01 Å². The van der Waals surface area contributed by atoms with E-state index in [0.29, 0.717) is 5.02 Å². The summed E-state index contributed by atoms with van der Waals surface area (Å²) < 4.78 is 0. The number of rotatable bonds is 4. The molecule has 1 heterocycles. The van der Waals surface area contributed by atoms with E-state index >= 15 is 0 Å². The first-order valence-electron chi connectivity index (χ1n) is 7.47. The van der Waals surface area contributed by atoms with Crippen molar-refractivity contribution in [3.05, 3.63) is 34.9 Å². The molecule has 1 N–H and O–H groups in total. The molecule has 0 aliphatic carbocycles. The maximum Gasteiger partial charge on any atom is 0.242 e. The Hall–Kier alpha value is -1.10. The summed E-state index contributed by atoms with van der Waals surface area (Å²) in [6.07, 6.45) is 0. The minimum Gasteiger partial charge on any atom is -0.304 e. The van der Waals surface area contributed by atoms with E-state index in [1.807, 2.05) is 29.3 Å². The van der Waals surface area contributed by atoms with Crippen molar-refractivity contribution in [2.45, 2.75) is 19.8 Å². The smallest absolute Gasteiger partial charge is 0.242 e. The lowest BCUT2D eigenvalue weighted by Crippen LogP contribution is -2.53. The Morgan fingerprint density at radius 1 is 1.14 bits per heavy atom. The number of carbonyl (C=O) groups is 1. The first-order valence-corrected chi connectivity index (χ1v) is 7.84. The van der Waals surface area contributed by atoms with Gasteiger partial charge in [-0.1, -0.05) is 37.6 Å². The summed E-state index contributed by atoms with van der Waals surface area (Å²) >= 11 is 5.93. The van der Waals surface area contributed by atoms with Gasteiger partial charge in [0.15, 0.2) is 0 Å². The fourth-order valence-electron chi connectivity index (χ4n) is 2.65. The first kappa shape index (κ1) is 16.3. The van der Waals surface area contributed by atoms with Crippen molar-refractivity contribution >= 4 is 17.5 Å². The van der Waals surface area contributed by atoms with Gasteiger partial charge in [0.2, 0.25) is 5.91 Å². The molecule has 1 fully saturated rings. The highest BCUT2D eigenvalue weighted by molar-refractivity contribution is 6.30. The molecule has 21 heavy (non-hydrogen) atoms. The summed E-state index contributed by atoms with van der Waals surface area (Å²) in [7, 11) is 2.10. The van der Waals surface area contributed by atoms with Gasteiger partial charge in [-0.3, -0.25) is 10.2 Å². The number of amides is 1. The molecule has 0 radical (unpaired) electrons. The molecule has 4 nitrogen and oxygen atoms in total. The van der Waals surface area contributed by atoms with Crippen molar-refractivity contribution in [2.75, 3.05) is 33.2 Å². The van der Waals surface area contributed by atoms with Crippen LogP contribution in [0.5, 0.6) is 0 Å². The lowest BCUT2D eigenvalue weighted by atomic mass is 9.88. The SMILES string of the molecule is CC(C)[C@H](C(=O)NN1CCN(C)CC1)c1ccc(Cl)cc1. The number of likely N-dealkylation sites (N-methyl/N-ethyl adjacent to an activating group) is 1. The lowest BCUT2D eigenvalue weighted by molar-refractivity contribution is -0.129. The summed E-state index contributed by atoms with van der Waals surface area (Å²) in [4.78, 5) is 14.9. The van der Waals surface area contributed by atoms with Gasteiger partial charge >= 0.3 is 0 Å². The van der Waals surface area contributed by atoms with Crippen LogP contribution in [0, 0.1) is 5.92 Å². The fourth-order valence-corrected chi connectivity index (χ4v) is 2.78. The fraction of sp³-hybridized carbons (Fsp3) is 0.562. The summed E-state index contributed by atoms with van der Waals surface area (Å²) in [6.45, 7) is 7.84. The highest BCUT2D eigenvalue weighted by atomic mass is 35.5. The van der Waals surface area contributed by atoms with Crippen LogP contribution in [0.3, 0.4) is 0 Å². The molecule has 1 aromatic carbocycles. The zero-order valence-electron chi connectivity index (χ0n) is 13.0. The maximum absolute atomic E-state index is 12.6. The number of hydrazine groups is 1. The molecule has 0 spiro atoms. The van der Waals surface area contributed by atoms with Crippen LogP contribution in [0.1, 0.15) is 25.3 Å². The molecule has 5 heteroatoms. The van der Waals surface area contributed by atoms with Crippen molar-refractivity contribution in [3.63, 3.8) is 0 Å². The Morgan fingerprint density at radius 2 is 1.71 bits per heavy atom. The van der Waals surface area contributed by atoms with Gasteiger partial charge in [0, 0.05) is 31.2 Å². The Balaban J connectivity index is 2.04. The van der Waals surface area contributed by atoms with E-state index in [0.717, 1.165) is 31.7 Å². The van der Waals surface area contributed by atoms with Gasteiger partial charge in [0.05, 0.1) is 5.92 Å². The summed E-state index contributed by atoms with van der Waals surface area (Å²) in [5.74, 6) is 0.150. The molecule has 116 valence electrons. The van der Waals surface area contributed by atoms with Crippen molar-refractivity contribution in [3.8, 4) is 0 Å². The molecule has 1 aromatic rings. The van der Waals surface area contributed by atoms with E-state index in [-0.39, 0.29) is 17.7 Å². The summed E-state index contributed by atoms with van der Waals surface area (Å²) in [5, 5.41) is 2.72. The average molecular weight is 310 g/mol. The third-order valence-electron chi connectivity index (χ3n) is 3.95. The van der Waals surface area contributed by atoms with Gasteiger partial charge < -0.3 is 4.90 Å². The number of halogens is 1. The van der Waals surface area contributed by atoms with Gasteiger partial charge in [-0.15, -0.1) is 0 Å². The minimum atomic E-state index is -0.151. The van der Waals surface area contributed by atoms with E-state index in [4.69, 9.17) is 11.6 Å². The molecule has 1 aliphatic rings. The number of nitrogens with zero attached hydrogens (tertiary/aromatic N) is 2. The van der Waals surface area contributed by atoms with Gasteiger partial charge in [-0.2, -0.15) is 0 Å². The molecule has 2 rings (SSSR count). The summed E-state index contributed by atoms with van der Waals surface area (Å²) in [5.41, 5.74) is 4.08. The third kappa shape index (κ3) is 4.43. The largest absolute Gasteiger partial charge is 0.304 e. The van der Waals surface area contributed by atoms with Crippen LogP contribution in [0.2, 0.25) is 5.02 Å². The molecule has 1 saturated heterocycles. The molecule has 0 bridgehead atoms. The van der Waals surface area contributed by atoms with Crippen LogP contribution in [-0.4, -0.2) is 49.0 Å². The van der Waals surface area contributed by atoms with Crippen molar-refractivity contribution in [1.82, 2.24) is 15.3 Å².